The van der Waals surface area contributed by atoms with Crippen molar-refractivity contribution < 1.29 is 23.1 Å². The second kappa shape index (κ2) is 6.51. The molecule has 0 fully saturated rings. The van der Waals surface area contributed by atoms with Crippen LogP contribution < -0.4 is 0 Å². The quantitative estimate of drug-likeness (QED) is 0.886. The Bertz CT molecular complexity index is 723. The Kier molecular flexibility index (Phi) is 4.72. The molecule has 2 aromatic carbocycles. The maximum absolute atomic E-state index is 12.1. The molecule has 6 heteroatoms. The van der Waals surface area contributed by atoms with Crippen molar-refractivity contribution in [2.24, 2.45) is 0 Å². The predicted molar refractivity (Wildman–Crippen MR) is 76.7 cm³/mol. The van der Waals surface area contributed by atoms with Gasteiger partial charge in [0.15, 0.2) is 5.94 Å². The van der Waals surface area contributed by atoms with Crippen LogP contribution in [0, 0.1) is 0 Å². The minimum atomic E-state index is -3.67. The number of hydrogen-bond acceptors (Lipinski definition) is 4. The van der Waals surface area contributed by atoms with Crippen LogP contribution in [0.3, 0.4) is 0 Å². The SMILES string of the molecule is O=C(O)c1cccc(S(=O)(=O)COCc2ccccc2)c1. The fourth-order valence-electron chi connectivity index (χ4n) is 1.73. The molecular weight excluding hydrogens is 292 g/mol. The van der Waals surface area contributed by atoms with Crippen molar-refractivity contribution in [3.8, 4) is 0 Å². The van der Waals surface area contributed by atoms with Gasteiger partial charge in [-0.3, -0.25) is 0 Å². The van der Waals surface area contributed by atoms with Gasteiger partial charge in [-0.1, -0.05) is 36.4 Å². The Balaban J connectivity index is 2.05. The van der Waals surface area contributed by atoms with E-state index in [-0.39, 0.29) is 17.1 Å². The molecule has 0 saturated carbocycles. The highest BCUT2D eigenvalue weighted by Crippen LogP contribution is 2.14. The molecule has 0 aromatic heterocycles. The van der Waals surface area contributed by atoms with Crippen molar-refractivity contribution in [1.29, 1.82) is 0 Å². The molecule has 21 heavy (non-hydrogen) atoms. The van der Waals surface area contributed by atoms with Crippen LogP contribution in [-0.2, 0) is 21.2 Å². The number of sulfone groups is 1. The summed E-state index contributed by atoms with van der Waals surface area (Å²) in [5, 5.41) is 8.87. The summed E-state index contributed by atoms with van der Waals surface area (Å²) in [6.45, 7) is 0.179. The molecule has 5 nitrogen and oxygen atoms in total. The first-order chi connectivity index (χ1) is 9.99. The van der Waals surface area contributed by atoms with Crippen LogP contribution >= 0.6 is 0 Å². The van der Waals surface area contributed by atoms with Gasteiger partial charge in [0.25, 0.3) is 0 Å². The van der Waals surface area contributed by atoms with Crippen LogP contribution in [0.25, 0.3) is 0 Å². The zero-order valence-electron chi connectivity index (χ0n) is 11.1. The van der Waals surface area contributed by atoms with Crippen molar-refractivity contribution >= 4 is 15.8 Å². The zero-order chi connectivity index (χ0) is 15.3. The molecular formula is C15H14O5S. The Morgan fingerprint density at radius 1 is 1.05 bits per heavy atom. The van der Waals surface area contributed by atoms with E-state index < -0.39 is 21.7 Å². The molecule has 2 aromatic rings. The summed E-state index contributed by atoms with van der Waals surface area (Å²) in [6, 6.07) is 14.4. The number of benzene rings is 2. The van der Waals surface area contributed by atoms with E-state index in [1.807, 2.05) is 30.3 Å². The average molecular weight is 306 g/mol. The van der Waals surface area contributed by atoms with Crippen LogP contribution in [0.5, 0.6) is 0 Å². The van der Waals surface area contributed by atoms with Crippen molar-refractivity contribution in [2.45, 2.75) is 11.5 Å². The van der Waals surface area contributed by atoms with Gasteiger partial charge in [-0.05, 0) is 23.8 Å². The van der Waals surface area contributed by atoms with Gasteiger partial charge in [0.05, 0.1) is 17.1 Å². The third-order valence-electron chi connectivity index (χ3n) is 2.79. The van der Waals surface area contributed by atoms with E-state index in [2.05, 4.69) is 0 Å². The Labute approximate surface area is 122 Å². The van der Waals surface area contributed by atoms with E-state index in [0.29, 0.717) is 0 Å². The number of rotatable bonds is 6. The van der Waals surface area contributed by atoms with Crippen LogP contribution in [0.4, 0.5) is 0 Å². The Morgan fingerprint density at radius 3 is 2.43 bits per heavy atom. The normalized spacial score (nSPS) is 11.2. The van der Waals surface area contributed by atoms with Gasteiger partial charge in [-0.25, -0.2) is 13.2 Å². The number of ether oxygens (including phenoxy) is 1. The number of aromatic carboxylic acids is 1. The maximum atomic E-state index is 12.1. The van der Waals surface area contributed by atoms with Gasteiger partial charge in [0, 0.05) is 0 Å². The molecule has 0 unspecified atom stereocenters. The highest BCUT2D eigenvalue weighted by molar-refractivity contribution is 7.91. The molecule has 110 valence electrons. The topological polar surface area (TPSA) is 80.7 Å². The van der Waals surface area contributed by atoms with E-state index in [0.717, 1.165) is 11.6 Å². The monoisotopic (exact) mass is 306 g/mol. The highest BCUT2D eigenvalue weighted by atomic mass is 32.2. The maximum Gasteiger partial charge on any atom is 0.335 e. The fourth-order valence-corrected chi connectivity index (χ4v) is 2.77. The molecule has 0 spiro atoms. The number of hydrogen-bond donors (Lipinski definition) is 1. The molecule has 0 aliphatic heterocycles. The first kappa shape index (κ1) is 15.2. The van der Waals surface area contributed by atoms with Gasteiger partial charge in [0.1, 0.15) is 0 Å². The van der Waals surface area contributed by atoms with E-state index in [4.69, 9.17) is 9.84 Å². The highest BCUT2D eigenvalue weighted by Gasteiger charge is 2.16. The summed E-state index contributed by atoms with van der Waals surface area (Å²) in [7, 11) is -3.67. The third kappa shape index (κ3) is 4.14. The molecule has 0 aliphatic carbocycles. The number of carboxylic acids is 1. The van der Waals surface area contributed by atoms with Gasteiger partial charge in [-0.2, -0.15) is 0 Å². The summed E-state index contributed by atoms with van der Waals surface area (Å²) < 4.78 is 29.4. The van der Waals surface area contributed by atoms with E-state index >= 15 is 0 Å². The molecule has 0 heterocycles. The standard InChI is InChI=1S/C15H14O5S/c16-15(17)13-7-4-8-14(9-13)21(18,19)11-20-10-12-5-2-1-3-6-12/h1-9H,10-11H2,(H,16,17). The molecule has 0 atom stereocenters. The zero-order valence-corrected chi connectivity index (χ0v) is 11.9. The van der Waals surface area contributed by atoms with Crippen molar-refractivity contribution in [2.75, 3.05) is 5.94 Å². The first-order valence-electron chi connectivity index (χ1n) is 6.17. The summed E-state index contributed by atoms with van der Waals surface area (Å²) in [5.74, 6) is -1.66. The fraction of sp³-hybridized carbons (Fsp3) is 0.133. The van der Waals surface area contributed by atoms with Crippen LogP contribution in [-0.4, -0.2) is 25.4 Å². The van der Waals surface area contributed by atoms with Crippen LogP contribution in [0.2, 0.25) is 0 Å². The van der Waals surface area contributed by atoms with E-state index in [1.54, 1.807) is 0 Å². The van der Waals surface area contributed by atoms with E-state index in [9.17, 15) is 13.2 Å². The lowest BCUT2D eigenvalue weighted by Crippen LogP contribution is -2.11. The minimum absolute atomic E-state index is 0.0598. The van der Waals surface area contributed by atoms with Gasteiger partial charge in [0.2, 0.25) is 9.84 Å². The molecule has 0 bridgehead atoms. The van der Waals surface area contributed by atoms with Crippen LogP contribution in [0.1, 0.15) is 15.9 Å². The minimum Gasteiger partial charge on any atom is -0.478 e. The largest absolute Gasteiger partial charge is 0.478 e. The van der Waals surface area contributed by atoms with Crippen LogP contribution in [0.15, 0.2) is 59.5 Å². The Hall–Kier alpha value is -2.18. The summed E-state index contributed by atoms with van der Waals surface area (Å²) in [6.07, 6.45) is 0. The molecule has 0 saturated heterocycles. The summed E-state index contributed by atoms with van der Waals surface area (Å²) >= 11 is 0. The average Bonchev–Trinajstić information content (AvgIpc) is 2.48. The summed E-state index contributed by atoms with van der Waals surface area (Å²) in [5.41, 5.74) is 0.797. The van der Waals surface area contributed by atoms with Crippen molar-refractivity contribution in [3.63, 3.8) is 0 Å². The van der Waals surface area contributed by atoms with E-state index in [1.165, 1.54) is 18.2 Å². The lowest BCUT2D eigenvalue weighted by molar-refractivity contribution is 0.0696. The lowest BCUT2D eigenvalue weighted by atomic mass is 10.2. The molecule has 0 aliphatic rings. The number of carbonyl (C=O) groups is 1. The lowest BCUT2D eigenvalue weighted by Gasteiger charge is -2.07. The molecule has 1 N–H and O–H groups in total. The van der Waals surface area contributed by atoms with Gasteiger partial charge < -0.3 is 9.84 Å². The molecule has 2 rings (SSSR count). The molecule has 0 amide bonds. The summed E-state index contributed by atoms with van der Waals surface area (Å²) in [4.78, 5) is 10.8. The van der Waals surface area contributed by atoms with Crippen molar-refractivity contribution in [1.82, 2.24) is 0 Å². The van der Waals surface area contributed by atoms with Crippen molar-refractivity contribution in [3.05, 3.63) is 65.7 Å². The third-order valence-corrected chi connectivity index (χ3v) is 4.24. The predicted octanol–water partition coefficient (Wildman–Crippen LogP) is 2.33. The first-order valence-corrected chi connectivity index (χ1v) is 7.82. The second-order valence-electron chi connectivity index (χ2n) is 4.40. The number of carboxylic acid groups (broad SMARTS) is 1. The van der Waals surface area contributed by atoms with Gasteiger partial charge >= 0.3 is 5.97 Å². The molecule has 0 radical (unpaired) electrons. The second-order valence-corrected chi connectivity index (χ2v) is 6.34. The van der Waals surface area contributed by atoms with Gasteiger partial charge in [-0.15, -0.1) is 0 Å². The smallest absolute Gasteiger partial charge is 0.335 e. The Morgan fingerprint density at radius 2 is 1.76 bits per heavy atom.